The summed E-state index contributed by atoms with van der Waals surface area (Å²) < 4.78 is 5.20. The molecule has 0 unspecified atom stereocenters. The first kappa shape index (κ1) is 12.6. The third-order valence-electron chi connectivity index (χ3n) is 3.54. The number of allylic oxidation sites excluding steroid dienone is 1. The summed E-state index contributed by atoms with van der Waals surface area (Å²) in [6.07, 6.45) is 7.05. The summed E-state index contributed by atoms with van der Waals surface area (Å²) in [5.41, 5.74) is 3.66. The molecule has 3 heteroatoms. The predicted octanol–water partition coefficient (Wildman–Crippen LogP) is 3.30. The highest BCUT2D eigenvalue weighted by Crippen LogP contribution is 2.29. The highest BCUT2D eigenvalue weighted by atomic mass is 16.5. The van der Waals surface area contributed by atoms with Gasteiger partial charge in [-0.25, -0.2) is 0 Å². The number of benzene rings is 1. The van der Waals surface area contributed by atoms with Crippen LogP contribution in [0.25, 0.3) is 6.08 Å². The predicted molar refractivity (Wildman–Crippen MR) is 77.9 cm³/mol. The van der Waals surface area contributed by atoms with Gasteiger partial charge in [-0.3, -0.25) is 9.78 Å². The van der Waals surface area contributed by atoms with E-state index in [2.05, 4.69) is 4.98 Å². The van der Waals surface area contributed by atoms with Crippen molar-refractivity contribution in [2.45, 2.75) is 12.8 Å². The second-order valence-electron chi connectivity index (χ2n) is 4.81. The molecular weight excluding hydrogens is 250 g/mol. The average molecular weight is 265 g/mol. The number of carbonyl (C=O) groups excluding carboxylic acids is 1. The first-order valence-electron chi connectivity index (χ1n) is 6.60. The van der Waals surface area contributed by atoms with Crippen LogP contribution in [0.1, 0.15) is 27.9 Å². The summed E-state index contributed by atoms with van der Waals surface area (Å²) >= 11 is 0. The van der Waals surface area contributed by atoms with Gasteiger partial charge in [0.15, 0.2) is 5.78 Å². The lowest BCUT2D eigenvalue weighted by Gasteiger charge is -2.18. The van der Waals surface area contributed by atoms with Gasteiger partial charge < -0.3 is 4.74 Å². The Labute approximate surface area is 117 Å². The maximum Gasteiger partial charge on any atom is 0.189 e. The molecule has 100 valence electrons. The van der Waals surface area contributed by atoms with E-state index in [-0.39, 0.29) is 5.78 Å². The van der Waals surface area contributed by atoms with Crippen LogP contribution in [-0.4, -0.2) is 17.9 Å². The number of pyridine rings is 1. The van der Waals surface area contributed by atoms with Crippen LogP contribution < -0.4 is 4.74 Å². The van der Waals surface area contributed by atoms with Crippen molar-refractivity contribution in [2.75, 3.05) is 7.11 Å². The van der Waals surface area contributed by atoms with Gasteiger partial charge in [0.2, 0.25) is 0 Å². The lowest BCUT2D eigenvalue weighted by Crippen LogP contribution is -2.14. The molecule has 0 aliphatic heterocycles. The van der Waals surface area contributed by atoms with Gasteiger partial charge in [0.25, 0.3) is 0 Å². The van der Waals surface area contributed by atoms with E-state index in [4.69, 9.17) is 4.74 Å². The Kier molecular flexibility index (Phi) is 3.33. The summed E-state index contributed by atoms with van der Waals surface area (Å²) in [6.45, 7) is 0. The third kappa shape index (κ3) is 2.35. The molecule has 1 aromatic carbocycles. The summed E-state index contributed by atoms with van der Waals surface area (Å²) in [5, 5.41) is 0. The van der Waals surface area contributed by atoms with Gasteiger partial charge >= 0.3 is 0 Å². The number of hydrogen-bond acceptors (Lipinski definition) is 3. The number of hydrogen-bond donors (Lipinski definition) is 0. The zero-order valence-corrected chi connectivity index (χ0v) is 11.3. The summed E-state index contributed by atoms with van der Waals surface area (Å²) in [5.74, 6) is 0.911. The summed E-state index contributed by atoms with van der Waals surface area (Å²) in [7, 11) is 1.64. The van der Waals surface area contributed by atoms with Crippen molar-refractivity contribution in [1.82, 2.24) is 4.98 Å². The SMILES string of the molecule is COc1ccc2c(c1)CCC(=Cc1cccnc1)C2=O. The number of rotatable bonds is 2. The topological polar surface area (TPSA) is 39.2 Å². The lowest BCUT2D eigenvalue weighted by atomic mass is 9.86. The van der Waals surface area contributed by atoms with E-state index in [9.17, 15) is 4.79 Å². The van der Waals surface area contributed by atoms with Gasteiger partial charge in [0, 0.05) is 23.5 Å². The molecule has 0 fully saturated rings. The summed E-state index contributed by atoms with van der Waals surface area (Å²) in [6, 6.07) is 9.47. The van der Waals surface area contributed by atoms with E-state index in [0.717, 1.165) is 40.9 Å². The van der Waals surface area contributed by atoms with Crippen molar-refractivity contribution in [3.63, 3.8) is 0 Å². The largest absolute Gasteiger partial charge is 0.497 e. The number of fused-ring (bicyclic) bond motifs is 1. The van der Waals surface area contributed by atoms with Crippen molar-refractivity contribution in [2.24, 2.45) is 0 Å². The first-order chi connectivity index (χ1) is 9.78. The number of aromatic nitrogens is 1. The maximum atomic E-state index is 12.5. The Morgan fingerprint density at radius 1 is 1.25 bits per heavy atom. The molecule has 2 aromatic rings. The zero-order valence-electron chi connectivity index (χ0n) is 11.3. The molecule has 0 spiro atoms. The van der Waals surface area contributed by atoms with Crippen LogP contribution >= 0.6 is 0 Å². The number of ketones is 1. The fourth-order valence-electron chi connectivity index (χ4n) is 2.48. The van der Waals surface area contributed by atoms with Crippen LogP contribution in [0.5, 0.6) is 5.75 Å². The number of ether oxygens (including phenoxy) is 1. The van der Waals surface area contributed by atoms with Gasteiger partial charge in [-0.05, 0) is 54.3 Å². The Morgan fingerprint density at radius 3 is 2.90 bits per heavy atom. The standard InChI is InChI=1S/C17H15NO2/c1-20-15-6-7-16-13(10-15)4-5-14(17(16)19)9-12-3-2-8-18-11-12/h2-3,6-11H,4-5H2,1H3. The normalized spacial score (nSPS) is 16.1. The first-order valence-corrected chi connectivity index (χ1v) is 6.60. The Bertz CT molecular complexity index is 675. The molecule has 0 N–H and O–H groups in total. The number of methoxy groups -OCH3 is 1. The van der Waals surface area contributed by atoms with Crippen molar-refractivity contribution in [1.29, 1.82) is 0 Å². The Balaban J connectivity index is 1.95. The molecule has 0 bridgehead atoms. The third-order valence-corrected chi connectivity index (χ3v) is 3.54. The molecule has 1 aromatic heterocycles. The molecule has 3 rings (SSSR count). The van der Waals surface area contributed by atoms with Gasteiger partial charge in [0.1, 0.15) is 5.75 Å². The van der Waals surface area contributed by atoms with Crippen LogP contribution in [0.15, 0.2) is 48.3 Å². The van der Waals surface area contributed by atoms with Crippen molar-refractivity contribution >= 4 is 11.9 Å². The minimum Gasteiger partial charge on any atom is -0.497 e. The fourth-order valence-corrected chi connectivity index (χ4v) is 2.48. The highest BCUT2D eigenvalue weighted by Gasteiger charge is 2.22. The fraction of sp³-hybridized carbons (Fsp3) is 0.176. The van der Waals surface area contributed by atoms with Crippen molar-refractivity contribution in [3.8, 4) is 5.75 Å². The smallest absolute Gasteiger partial charge is 0.189 e. The number of nitrogens with zero attached hydrogens (tertiary/aromatic N) is 1. The molecule has 20 heavy (non-hydrogen) atoms. The van der Waals surface area contributed by atoms with E-state index in [1.165, 1.54) is 0 Å². The van der Waals surface area contributed by atoms with Crippen molar-refractivity contribution in [3.05, 3.63) is 65.0 Å². The number of aryl methyl sites for hydroxylation is 1. The van der Waals surface area contributed by atoms with Gasteiger partial charge in [0.05, 0.1) is 7.11 Å². The van der Waals surface area contributed by atoms with E-state index >= 15 is 0 Å². The van der Waals surface area contributed by atoms with E-state index in [1.807, 2.05) is 36.4 Å². The molecule has 0 saturated heterocycles. The number of carbonyl (C=O) groups is 1. The second kappa shape index (κ2) is 5.29. The molecule has 0 radical (unpaired) electrons. The van der Waals surface area contributed by atoms with Gasteiger partial charge in [-0.2, -0.15) is 0 Å². The molecular formula is C17H15NO2. The molecule has 0 atom stereocenters. The van der Waals surface area contributed by atoms with Crippen LogP contribution in [0.4, 0.5) is 0 Å². The Hall–Kier alpha value is -2.42. The van der Waals surface area contributed by atoms with E-state index < -0.39 is 0 Å². The Morgan fingerprint density at radius 2 is 2.15 bits per heavy atom. The monoisotopic (exact) mass is 265 g/mol. The molecule has 1 heterocycles. The van der Waals surface area contributed by atoms with Crippen LogP contribution in [0, 0.1) is 0 Å². The number of Topliss-reactive ketones (excluding diaryl/α,β-unsaturated/α-hetero) is 1. The van der Waals surface area contributed by atoms with Crippen molar-refractivity contribution < 1.29 is 9.53 Å². The van der Waals surface area contributed by atoms with Gasteiger partial charge in [-0.15, -0.1) is 0 Å². The average Bonchev–Trinajstić information content (AvgIpc) is 2.51. The quantitative estimate of drug-likeness (QED) is 0.782. The zero-order chi connectivity index (χ0) is 13.9. The second-order valence-corrected chi connectivity index (χ2v) is 4.81. The van der Waals surface area contributed by atoms with E-state index in [0.29, 0.717) is 0 Å². The lowest BCUT2D eigenvalue weighted by molar-refractivity contribution is 0.102. The van der Waals surface area contributed by atoms with E-state index in [1.54, 1.807) is 19.5 Å². The van der Waals surface area contributed by atoms with Crippen LogP contribution in [-0.2, 0) is 6.42 Å². The maximum absolute atomic E-state index is 12.5. The molecule has 0 saturated carbocycles. The molecule has 0 amide bonds. The van der Waals surface area contributed by atoms with Crippen LogP contribution in [0.3, 0.4) is 0 Å². The van der Waals surface area contributed by atoms with Gasteiger partial charge in [-0.1, -0.05) is 6.07 Å². The minimum absolute atomic E-state index is 0.109. The minimum atomic E-state index is 0.109. The molecule has 1 aliphatic carbocycles. The highest BCUT2D eigenvalue weighted by molar-refractivity contribution is 6.13. The van der Waals surface area contributed by atoms with Crippen LogP contribution in [0.2, 0.25) is 0 Å². The summed E-state index contributed by atoms with van der Waals surface area (Å²) in [4.78, 5) is 16.6. The molecule has 3 nitrogen and oxygen atoms in total. The molecule has 1 aliphatic rings.